The summed E-state index contributed by atoms with van der Waals surface area (Å²) < 4.78 is 1.88. The van der Waals surface area contributed by atoms with Crippen LogP contribution in [0.25, 0.3) is 0 Å². The van der Waals surface area contributed by atoms with Gasteiger partial charge in [-0.2, -0.15) is 5.10 Å². The predicted octanol–water partition coefficient (Wildman–Crippen LogP) is 0.230. The molecule has 1 fully saturated rings. The molecule has 1 aromatic rings. The van der Waals surface area contributed by atoms with Gasteiger partial charge in [-0.05, 0) is 38.9 Å². The molecule has 0 spiro atoms. The Bertz CT molecular complexity index is 540. The fourth-order valence-electron chi connectivity index (χ4n) is 2.81. The molecule has 122 valence electrons. The van der Waals surface area contributed by atoms with E-state index in [2.05, 4.69) is 16.9 Å². The van der Waals surface area contributed by atoms with E-state index in [0.717, 1.165) is 31.6 Å². The minimum atomic E-state index is -0.897. The summed E-state index contributed by atoms with van der Waals surface area (Å²) in [5, 5.41) is 4.57. The number of likely N-dealkylation sites (N-methyl/N-ethyl adjacent to an activating group) is 1. The van der Waals surface area contributed by atoms with Crippen molar-refractivity contribution in [1.29, 1.82) is 0 Å². The van der Waals surface area contributed by atoms with Gasteiger partial charge in [0.1, 0.15) is 0 Å². The number of hydrogen-bond donors (Lipinski definition) is 1. The first-order valence-corrected chi connectivity index (χ1v) is 7.67. The van der Waals surface area contributed by atoms with Crippen LogP contribution in [-0.4, -0.2) is 58.6 Å². The second-order valence-corrected chi connectivity index (χ2v) is 6.33. The summed E-state index contributed by atoms with van der Waals surface area (Å²) in [6.45, 7) is 4.32. The molecule has 0 saturated carbocycles. The maximum absolute atomic E-state index is 12.1. The first kappa shape index (κ1) is 16.5. The van der Waals surface area contributed by atoms with E-state index in [9.17, 15) is 9.59 Å². The molecule has 1 aliphatic rings. The Labute approximate surface area is 131 Å². The van der Waals surface area contributed by atoms with Gasteiger partial charge < -0.3 is 15.5 Å². The largest absolute Gasteiger partial charge is 0.361 e. The Kier molecular flexibility index (Phi) is 5.18. The molecule has 2 atom stereocenters. The first-order chi connectivity index (χ1) is 10.4. The normalized spacial score (nSPS) is 22.1. The minimum Gasteiger partial charge on any atom is -0.361 e. The molecule has 0 aromatic carbocycles. The standard InChI is InChI=1S/C15H25N5O2/c1-11-4-5-13(20(10-11)15(22)14(16)21)12-6-7-19(17-12)9-8-18(2)3/h6-7,11,13H,4-5,8-10H2,1-3H3,(H2,16,21). The van der Waals surface area contributed by atoms with Crippen LogP contribution >= 0.6 is 0 Å². The van der Waals surface area contributed by atoms with Gasteiger partial charge in [0.05, 0.1) is 18.3 Å². The summed E-state index contributed by atoms with van der Waals surface area (Å²) in [6.07, 6.45) is 3.74. The maximum Gasteiger partial charge on any atom is 0.312 e. The number of primary amides is 1. The highest BCUT2D eigenvalue weighted by Crippen LogP contribution is 2.32. The van der Waals surface area contributed by atoms with Crippen molar-refractivity contribution in [2.45, 2.75) is 32.4 Å². The summed E-state index contributed by atoms with van der Waals surface area (Å²) in [5.41, 5.74) is 6.01. The summed E-state index contributed by atoms with van der Waals surface area (Å²) in [7, 11) is 4.03. The van der Waals surface area contributed by atoms with Crippen LogP contribution in [0.5, 0.6) is 0 Å². The molecule has 1 aromatic heterocycles. The number of nitrogens with two attached hydrogens (primary N) is 1. The summed E-state index contributed by atoms with van der Waals surface area (Å²) >= 11 is 0. The number of nitrogens with zero attached hydrogens (tertiary/aromatic N) is 4. The lowest BCUT2D eigenvalue weighted by Gasteiger charge is -2.37. The van der Waals surface area contributed by atoms with Crippen molar-refractivity contribution in [2.24, 2.45) is 11.7 Å². The average Bonchev–Trinajstić information content (AvgIpc) is 2.92. The van der Waals surface area contributed by atoms with E-state index in [1.165, 1.54) is 0 Å². The first-order valence-electron chi connectivity index (χ1n) is 7.67. The second-order valence-electron chi connectivity index (χ2n) is 6.33. The molecule has 0 aliphatic carbocycles. The van der Waals surface area contributed by atoms with Gasteiger partial charge >= 0.3 is 11.8 Å². The fraction of sp³-hybridized carbons (Fsp3) is 0.667. The van der Waals surface area contributed by atoms with Crippen LogP contribution in [0.2, 0.25) is 0 Å². The van der Waals surface area contributed by atoms with Crippen LogP contribution in [0.15, 0.2) is 12.3 Å². The zero-order chi connectivity index (χ0) is 16.3. The highest BCUT2D eigenvalue weighted by Gasteiger charge is 2.34. The van der Waals surface area contributed by atoms with Crippen LogP contribution in [-0.2, 0) is 16.1 Å². The van der Waals surface area contributed by atoms with Crippen molar-refractivity contribution in [3.63, 3.8) is 0 Å². The van der Waals surface area contributed by atoms with Crippen LogP contribution in [0.4, 0.5) is 0 Å². The van der Waals surface area contributed by atoms with Crippen molar-refractivity contribution in [1.82, 2.24) is 19.6 Å². The molecule has 7 nitrogen and oxygen atoms in total. The van der Waals surface area contributed by atoms with E-state index in [0.29, 0.717) is 12.5 Å². The number of rotatable bonds is 4. The van der Waals surface area contributed by atoms with Crippen molar-refractivity contribution in [3.8, 4) is 0 Å². The zero-order valence-corrected chi connectivity index (χ0v) is 13.5. The average molecular weight is 307 g/mol. The monoisotopic (exact) mass is 307 g/mol. The van der Waals surface area contributed by atoms with E-state index in [1.807, 2.05) is 31.0 Å². The molecule has 2 heterocycles. The molecule has 2 amide bonds. The molecular weight excluding hydrogens is 282 g/mol. The predicted molar refractivity (Wildman–Crippen MR) is 82.8 cm³/mol. The third-order valence-corrected chi connectivity index (χ3v) is 4.07. The summed E-state index contributed by atoms with van der Waals surface area (Å²) in [4.78, 5) is 27.0. The Morgan fingerprint density at radius 2 is 2.14 bits per heavy atom. The number of carbonyl (C=O) groups is 2. The van der Waals surface area contributed by atoms with E-state index < -0.39 is 11.8 Å². The van der Waals surface area contributed by atoms with E-state index in [4.69, 9.17) is 5.73 Å². The van der Waals surface area contributed by atoms with E-state index >= 15 is 0 Å². The van der Waals surface area contributed by atoms with E-state index in [-0.39, 0.29) is 6.04 Å². The van der Waals surface area contributed by atoms with Gasteiger partial charge in [0.2, 0.25) is 0 Å². The Morgan fingerprint density at radius 1 is 1.41 bits per heavy atom. The molecular formula is C15H25N5O2. The number of amides is 2. The van der Waals surface area contributed by atoms with Crippen LogP contribution < -0.4 is 5.73 Å². The highest BCUT2D eigenvalue weighted by molar-refractivity contribution is 6.34. The lowest BCUT2D eigenvalue weighted by Crippen LogP contribution is -2.47. The molecule has 22 heavy (non-hydrogen) atoms. The van der Waals surface area contributed by atoms with Crippen molar-refractivity contribution in [3.05, 3.63) is 18.0 Å². The number of aromatic nitrogens is 2. The topological polar surface area (TPSA) is 84.5 Å². The van der Waals surface area contributed by atoms with E-state index in [1.54, 1.807) is 4.90 Å². The molecule has 7 heteroatoms. The molecule has 0 radical (unpaired) electrons. The number of hydrogen-bond acceptors (Lipinski definition) is 4. The van der Waals surface area contributed by atoms with Crippen LogP contribution in [0.1, 0.15) is 31.5 Å². The van der Waals surface area contributed by atoms with Crippen LogP contribution in [0, 0.1) is 5.92 Å². The molecule has 0 bridgehead atoms. The van der Waals surface area contributed by atoms with Gasteiger partial charge in [0.25, 0.3) is 0 Å². The molecule has 1 saturated heterocycles. The van der Waals surface area contributed by atoms with Gasteiger partial charge in [-0.15, -0.1) is 0 Å². The molecule has 1 aliphatic heterocycles. The third-order valence-electron chi connectivity index (χ3n) is 4.07. The lowest BCUT2D eigenvalue weighted by molar-refractivity contribution is -0.147. The fourth-order valence-corrected chi connectivity index (χ4v) is 2.81. The highest BCUT2D eigenvalue weighted by atomic mass is 16.2. The second kappa shape index (κ2) is 6.91. The zero-order valence-electron chi connectivity index (χ0n) is 13.5. The smallest absolute Gasteiger partial charge is 0.312 e. The molecule has 2 N–H and O–H groups in total. The van der Waals surface area contributed by atoms with Gasteiger partial charge in [-0.25, -0.2) is 0 Å². The Hall–Kier alpha value is -1.89. The number of piperidine rings is 1. The van der Waals surface area contributed by atoms with Gasteiger partial charge in [0.15, 0.2) is 0 Å². The molecule has 2 unspecified atom stereocenters. The SMILES string of the molecule is CC1CCC(c2ccn(CCN(C)C)n2)N(C(=O)C(N)=O)C1. The van der Waals surface area contributed by atoms with Crippen LogP contribution in [0.3, 0.4) is 0 Å². The number of likely N-dealkylation sites (tertiary alicyclic amines) is 1. The molecule has 2 rings (SSSR count). The Morgan fingerprint density at radius 3 is 2.77 bits per heavy atom. The van der Waals surface area contributed by atoms with Crippen molar-refractivity contribution in [2.75, 3.05) is 27.2 Å². The van der Waals surface area contributed by atoms with Gasteiger partial charge in [-0.1, -0.05) is 6.92 Å². The summed E-state index contributed by atoms with van der Waals surface area (Å²) in [6, 6.07) is 1.77. The quantitative estimate of drug-likeness (QED) is 0.807. The maximum atomic E-state index is 12.1. The van der Waals surface area contributed by atoms with Gasteiger partial charge in [0, 0.05) is 19.3 Å². The summed E-state index contributed by atoms with van der Waals surface area (Å²) in [5.74, 6) is -1.14. The minimum absolute atomic E-state index is 0.156. The number of carbonyl (C=O) groups excluding carboxylic acids is 2. The van der Waals surface area contributed by atoms with Crippen molar-refractivity contribution < 1.29 is 9.59 Å². The lowest BCUT2D eigenvalue weighted by atomic mass is 9.92. The van der Waals surface area contributed by atoms with Crippen molar-refractivity contribution >= 4 is 11.8 Å². The third kappa shape index (κ3) is 3.85. The Balaban J connectivity index is 2.14. The van der Waals surface area contributed by atoms with Gasteiger partial charge in [-0.3, -0.25) is 14.3 Å².